The Labute approximate surface area is 120 Å². The first kappa shape index (κ1) is 14.3. The number of rotatable bonds is 3. The van der Waals surface area contributed by atoms with Crippen LogP contribution in [0.4, 0.5) is 5.69 Å². The Kier molecular flexibility index (Phi) is 3.59. The molecule has 0 spiro atoms. The quantitative estimate of drug-likeness (QED) is 0.941. The molecule has 0 aliphatic carbocycles. The monoisotopic (exact) mass is 320 g/mol. The van der Waals surface area contributed by atoms with Crippen LogP contribution in [0.1, 0.15) is 17.1 Å². The fourth-order valence-corrected chi connectivity index (χ4v) is 4.62. The van der Waals surface area contributed by atoms with E-state index in [1.54, 1.807) is 32.5 Å². The van der Waals surface area contributed by atoms with Gasteiger partial charge in [-0.1, -0.05) is 22.9 Å². The van der Waals surface area contributed by atoms with Crippen LogP contribution in [-0.2, 0) is 17.1 Å². The molecule has 0 saturated heterocycles. The molecule has 19 heavy (non-hydrogen) atoms. The molecule has 0 bridgehead atoms. The fraction of sp³-hybridized carbons (Fsp3) is 0.400. The first-order valence-electron chi connectivity index (χ1n) is 5.38. The average molecular weight is 321 g/mol. The number of sulfonamides is 1. The predicted molar refractivity (Wildman–Crippen MR) is 75.4 cm³/mol. The van der Waals surface area contributed by atoms with E-state index in [0.29, 0.717) is 17.1 Å². The number of aryl methyl sites for hydroxylation is 3. The fourth-order valence-electron chi connectivity index (χ4n) is 1.70. The summed E-state index contributed by atoms with van der Waals surface area (Å²) in [7, 11) is -1.93. The van der Waals surface area contributed by atoms with Crippen LogP contribution < -0.4 is 4.72 Å². The molecule has 0 saturated carbocycles. The van der Waals surface area contributed by atoms with Gasteiger partial charge in [-0.2, -0.15) is 5.10 Å². The lowest BCUT2D eigenvalue weighted by Crippen LogP contribution is -2.14. The van der Waals surface area contributed by atoms with E-state index in [2.05, 4.69) is 14.8 Å². The van der Waals surface area contributed by atoms with Crippen molar-refractivity contribution in [1.29, 1.82) is 0 Å². The molecule has 2 rings (SSSR count). The molecule has 9 heteroatoms. The van der Waals surface area contributed by atoms with Crippen LogP contribution in [0.2, 0.25) is 4.47 Å². The Bertz CT molecular complexity index is 733. The molecule has 2 aromatic heterocycles. The largest absolute Gasteiger partial charge is 0.275 e. The van der Waals surface area contributed by atoms with Crippen molar-refractivity contribution >= 4 is 38.6 Å². The van der Waals surface area contributed by atoms with Gasteiger partial charge in [-0.25, -0.2) is 13.4 Å². The van der Waals surface area contributed by atoms with E-state index in [0.717, 1.165) is 17.0 Å². The lowest BCUT2D eigenvalue weighted by atomic mass is 10.3. The molecule has 104 valence electrons. The molecule has 0 amide bonds. The van der Waals surface area contributed by atoms with Gasteiger partial charge in [0.2, 0.25) is 0 Å². The third-order valence-electron chi connectivity index (χ3n) is 2.72. The molecular weight excluding hydrogens is 308 g/mol. The molecular formula is C10H13ClN4O2S2. The third-order valence-corrected chi connectivity index (χ3v) is 5.94. The van der Waals surface area contributed by atoms with Crippen LogP contribution in [0.5, 0.6) is 0 Å². The number of nitrogens with one attached hydrogen (secondary N) is 1. The topological polar surface area (TPSA) is 76.9 Å². The Morgan fingerprint density at radius 2 is 1.89 bits per heavy atom. The highest BCUT2D eigenvalue weighted by molar-refractivity contribution is 7.94. The van der Waals surface area contributed by atoms with Gasteiger partial charge in [0.15, 0.2) is 8.68 Å². The zero-order chi connectivity index (χ0) is 14.4. The van der Waals surface area contributed by atoms with Crippen LogP contribution in [0, 0.1) is 20.8 Å². The van der Waals surface area contributed by atoms with Crippen molar-refractivity contribution in [2.75, 3.05) is 4.72 Å². The van der Waals surface area contributed by atoms with E-state index in [4.69, 9.17) is 11.6 Å². The molecule has 0 atom stereocenters. The van der Waals surface area contributed by atoms with Crippen molar-refractivity contribution < 1.29 is 8.42 Å². The summed E-state index contributed by atoms with van der Waals surface area (Å²) in [5.41, 5.74) is 2.25. The highest BCUT2D eigenvalue weighted by atomic mass is 35.5. The van der Waals surface area contributed by atoms with E-state index in [9.17, 15) is 8.42 Å². The van der Waals surface area contributed by atoms with Gasteiger partial charge >= 0.3 is 0 Å². The van der Waals surface area contributed by atoms with Gasteiger partial charge in [0.25, 0.3) is 10.0 Å². The summed E-state index contributed by atoms with van der Waals surface area (Å²) < 4.78 is 29.1. The summed E-state index contributed by atoms with van der Waals surface area (Å²) in [4.78, 5) is 3.91. The van der Waals surface area contributed by atoms with Gasteiger partial charge in [0.05, 0.1) is 22.8 Å². The summed E-state index contributed by atoms with van der Waals surface area (Å²) in [5.74, 6) is 0. The van der Waals surface area contributed by atoms with Crippen molar-refractivity contribution in [3.05, 3.63) is 21.5 Å². The second-order valence-electron chi connectivity index (χ2n) is 4.11. The van der Waals surface area contributed by atoms with Gasteiger partial charge in [-0.05, 0) is 20.8 Å². The number of halogens is 1. The zero-order valence-electron chi connectivity index (χ0n) is 10.9. The molecule has 0 aliphatic rings. The third kappa shape index (κ3) is 2.60. The van der Waals surface area contributed by atoms with Crippen LogP contribution in [0.25, 0.3) is 0 Å². The summed E-state index contributed by atoms with van der Waals surface area (Å²) in [6, 6.07) is 0. The van der Waals surface area contributed by atoms with Crippen molar-refractivity contribution in [2.24, 2.45) is 7.05 Å². The maximum absolute atomic E-state index is 12.3. The Balaban J connectivity index is 2.45. The van der Waals surface area contributed by atoms with Crippen molar-refractivity contribution in [3.63, 3.8) is 0 Å². The molecule has 0 aliphatic heterocycles. The summed E-state index contributed by atoms with van der Waals surface area (Å²) >= 11 is 6.68. The SMILES string of the molecule is Cc1nc(Cl)sc1S(=O)(=O)Nc1c(C)nn(C)c1C. The number of hydrogen-bond acceptors (Lipinski definition) is 5. The van der Waals surface area contributed by atoms with Crippen LogP contribution >= 0.6 is 22.9 Å². The zero-order valence-corrected chi connectivity index (χ0v) is 13.2. The molecule has 6 nitrogen and oxygen atoms in total. The van der Waals surface area contributed by atoms with Gasteiger partial charge < -0.3 is 0 Å². The number of thiazole rings is 1. The minimum atomic E-state index is -3.69. The second kappa shape index (κ2) is 4.77. The number of anilines is 1. The predicted octanol–water partition coefficient (Wildman–Crippen LogP) is 2.26. The minimum Gasteiger partial charge on any atom is -0.275 e. The normalized spacial score (nSPS) is 11.8. The first-order valence-corrected chi connectivity index (χ1v) is 8.06. The number of hydrogen-bond donors (Lipinski definition) is 1. The Morgan fingerprint density at radius 3 is 2.32 bits per heavy atom. The Morgan fingerprint density at radius 1 is 1.26 bits per heavy atom. The van der Waals surface area contributed by atoms with Gasteiger partial charge in [0.1, 0.15) is 0 Å². The average Bonchev–Trinajstić information content (AvgIpc) is 2.74. The van der Waals surface area contributed by atoms with Crippen LogP contribution in [0.15, 0.2) is 4.21 Å². The van der Waals surface area contributed by atoms with Gasteiger partial charge in [-0.15, -0.1) is 0 Å². The van der Waals surface area contributed by atoms with E-state index in [-0.39, 0.29) is 8.68 Å². The van der Waals surface area contributed by atoms with Crippen LogP contribution in [-0.4, -0.2) is 23.2 Å². The standard InChI is InChI=1S/C10H13ClN4O2S2/c1-5-8(7(3)15(4)13-5)14-19(16,17)9-6(2)12-10(11)18-9/h14H,1-4H3. The first-order chi connectivity index (χ1) is 8.72. The lowest BCUT2D eigenvalue weighted by molar-refractivity contribution is 0.602. The molecule has 0 aromatic carbocycles. The van der Waals surface area contributed by atoms with E-state index in [1.807, 2.05) is 0 Å². The van der Waals surface area contributed by atoms with Crippen LogP contribution in [0.3, 0.4) is 0 Å². The molecule has 0 unspecified atom stereocenters. The number of nitrogens with zero attached hydrogens (tertiary/aromatic N) is 3. The van der Waals surface area contributed by atoms with E-state index in [1.165, 1.54) is 0 Å². The summed E-state index contributed by atoms with van der Waals surface area (Å²) in [6.07, 6.45) is 0. The summed E-state index contributed by atoms with van der Waals surface area (Å²) in [6.45, 7) is 5.15. The lowest BCUT2D eigenvalue weighted by Gasteiger charge is -2.07. The number of aromatic nitrogens is 3. The highest BCUT2D eigenvalue weighted by Crippen LogP contribution is 2.29. The molecule has 2 heterocycles. The minimum absolute atomic E-state index is 0.125. The molecule has 2 aromatic rings. The molecule has 0 fully saturated rings. The smallest absolute Gasteiger partial charge is 0.273 e. The highest BCUT2D eigenvalue weighted by Gasteiger charge is 2.24. The Hall–Kier alpha value is -1.12. The van der Waals surface area contributed by atoms with Gasteiger partial charge in [0, 0.05) is 7.05 Å². The van der Waals surface area contributed by atoms with E-state index >= 15 is 0 Å². The molecule has 0 radical (unpaired) electrons. The van der Waals surface area contributed by atoms with E-state index < -0.39 is 10.0 Å². The summed E-state index contributed by atoms with van der Waals surface area (Å²) in [5, 5.41) is 4.17. The van der Waals surface area contributed by atoms with Crippen molar-refractivity contribution in [2.45, 2.75) is 25.0 Å². The van der Waals surface area contributed by atoms with Gasteiger partial charge in [-0.3, -0.25) is 9.40 Å². The van der Waals surface area contributed by atoms with Crippen molar-refractivity contribution in [1.82, 2.24) is 14.8 Å². The second-order valence-corrected chi connectivity index (χ2v) is 7.57. The molecule has 1 N–H and O–H groups in total. The maximum atomic E-state index is 12.3. The van der Waals surface area contributed by atoms with Crippen molar-refractivity contribution in [3.8, 4) is 0 Å². The maximum Gasteiger partial charge on any atom is 0.273 e.